The Morgan fingerprint density at radius 2 is 2.05 bits per heavy atom. The van der Waals surface area contributed by atoms with Crippen molar-refractivity contribution in [1.82, 2.24) is 4.98 Å². The predicted molar refractivity (Wildman–Crippen MR) is 66.4 cm³/mol. The fourth-order valence-corrected chi connectivity index (χ4v) is 2.73. The van der Waals surface area contributed by atoms with Crippen molar-refractivity contribution < 1.29 is 22.7 Å². The molecule has 1 fully saturated rings. The summed E-state index contributed by atoms with van der Waals surface area (Å²) in [6.45, 7) is 2.04. The number of ether oxygens (including phenoxy) is 1. The Labute approximate surface area is 115 Å². The van der Waals surface area contributed by atoms with Crippen molar-refractivity contribution in [3.63, 3.8) is 0 Å². The van der Waals surface area contributed by atoms with Gasteiger partial charge < -0.3 is 4.74 Å². The van der Waals surface area contributed by atoms with E-state index in [9.17, 15) is 18.0 Å². The number of carbonyl (C=O) groups is 1. The van der Waals surface area contributed by atoms with Gasteiger partial charge in [-0.05, 0) is 38.7 Å². The molecule has 3 nitrogen and oxygen atoms in total. The van der Waals surface area contributed by atoms with E-state index in [0.717, 1.165) is 31.3 Å². The monoisotopic (exact) mass is 287 g/mol. The summed E-state index contributed by atoms with van der Waals surface area (Å²) < 4.78 is 44.5. The van der Waals surface area contributed by atoms with Crippen LogP contribution in [-0.2, 0) is 10.9 Å². The summed E-state index contributed by atoms with van der Waals surface area (Å²) in [5, 5.41) is 0. The Morgan fingerprint density at radius 3 is 2.60 bits per heavy atom. The third kappa shape index (κ3) is 2.70. The zero-order chi connectivity index (χ0) is 14.8. The van der Waals surface area contributed by atoms with Gasteiger partial charge in [0, 0.05) is 19.0 Å². The van der Waals surface area contributed by atoms with Crippen molar-refractivity contribution in [2.24, 2.45) is 0 Å². The van der Waals surface area contributed by atoms with Crippen LogP contribution in [-0.4, -0.2) is 23.0 Å². The topological polar surface area (TPSA) is 39.2 Å². The third-order valence-electron chi connectivity index (χ3n) is 3.62. The number of aromatic nitrogens is 1. The first-order chi connectivity index (χ1) is 9.41. The van der Waals surface area contributed by atoms with Gasteiger partial charge in [0.25, 0.3) is 0 Å². The number of pyridine rings is 1. The van der Waals surface area contributed by atoms with Crippen LogP contribution in [0, 0.1) is 0 Å². The number of nitrogens with zero attached hydrogens (tertiary/aromatic N) is 1. The van der Waals surface area contributed by atoms with Gasteiger partial charge in [0.15, 0.2) is 5.78 Å². The molecule has 110 valence electrons. The van der Waals surface area contributed by atoms with Crippen molar-refractivity contribution in [1.29, 1.82) is 0 Å². The molecule has 1 aliphatic rings. The van der Waals surface area contributed by atoms with E-state index in [1.54, 1.807) is 6.92 Å². The van der Waals surface area contributed by atoms with Crippen molar-refractivity contribution in [2.45, 2.75) is 44.4 Å². The molecule has 0 radical (unpaired) electrons. The first-order valence-electron chi connectivity index (χ1n) is 6.61. The third-order valence-corrected chi connectivity index (χ3v) is 3.62. The zero-order valence-corrected chi connectivity index (χ0v) is 11.2. The molecule has 0 atom stereocenters. The van der Waals surface area contributed by atoms with Crippen molar-refractivity contribution in [3.8, 4) is 0 Å². The van der Waals surface area contributed by atoms with E-state index in [-0.39, 0.29) is 0 Å². The van der Waals surface area contributed by atoms with Crippen molar-refractivity contribution in [2.75, 3.05) is 6.61 Å². The highest BCUT2D eigenvalue weighted by Gasteiger charge is 2.45. The molecule has 2 rings (SSSR count). The maximum Gasteiger partial charge on any atom is 0.417 e. The lowest BCUT2D eigenvalue weighted by atomic mass is 9.89. The van der Waals surface area contributed by atoms with Crippen LogP contribution in [0.1, 0.15) is 48.5 Å². The highest BCUT2D eigenvalue weighted by molar-refractivity contribution is 6.03. The Bertz CT molecular complexity index is 493. The van der Waals surface area contributed by atoms with Gasteiger partial charge in [-0.15, -0.1) is 0 Å². The van der Waals surface area contributed by atoms with Crippen LogP contribution in [0.25, 0.3) is 0 Å². The van der Waals surface area contributed by atoms with Crippen LogP contribution in [0.4, 0.5) is 13.2 Å². The van der Waals surface area contributed by atoms with E-state index >= 15 is 0 Å². The molecule has 1 saturated carbocycles. The second-order valence-corrected chi connectivity index (χ2v) is 4.88. The van der Waals surface area contributed by atoms with Gasteiger partial charge in [0.05, 0.1) is 11.1 Å². The second-order valence-electron chi connectivity index (χ2n) is 4.88. The minimum atomic E-state index is -4.57. The summed E-state index contributed by atoms with van der Waals surface area (Å²) in [4.78, 5) is 16.2. The van der Waals surface area contributed by atoms with Gasteiger partial charge in [-0.1, -0.05) is 0 Å². The van der Waals surface area contributed by atoms with Gasteiger partial charge >= 0.3 is 6.18 Å². The standard InChI is InChI=1S/C14H16F3NO2/c1-2-20-13(6-3-4-7-13)12(19)10-9-18-8-5-11(10)14(15,16)17/h5,8-9H,2-4,6-7H2,1H3. The Morgan fingerprint density at radius 1 is 1.40 bits per heavy atom. The van der Waals surface area contributed by atoms with Crippen LogP contribution in [0.15, 0.2) is 18.5 Å². The van der Waals surface area contributed by atoms with E-state index < -0.39 is 28.7 Å². The van der Waals surface area contributed by atoms with E-state index in [4.69, 9.17) is 4.74 Å². The molecule has 0 aliphatic heterocycles. The number of halogens is 3. The summed E-state index contributed by atoms with van der Waals surface area (Å²) in [5.74, 6) is -0.600. The van der Waals surface area contributed by atoms with Gasteiger partial charge in [-0.25, -0.2) is 0 Å². The summed E-state index contributed by atoms with van der Waals surface area (Å²) in [6, 6.07) is 0.835. The summed E-state index contributed by atoms with van der Waals surface area (Å²) >= 11 is 0. The minimum absolute atomic E-state index is 0.299. The number of Topliss-reactive ketones (excluding diaryl/α,β-unsaturated/α-hetero) is 1. The van der Waals surface area contributed by atoms with Crippen LogP contribution >= 0.6 is 0 Å². The second kappa shape index (κ2) is 5.52. The van der Waals surface area contributed by atoms with Crippen LogP contribution < -0.4 is 0 Å². The van der Waals surface area contributed by atoms with Gasteiger partial charge in [0.1, 0.15) is 5.60 Å². The van der Waals surface area contributed by atoms with Gasteiger partial charge in [0.2, 0.25) is 0 Å². The van der Waals surface area contributed by atoms with Crippen molar-refractivity contribution in [3.05, 3.63) is 29.6 Å². The lowest BCUT2D eigenvalue weighted by molar-refractivity contribution is -0.138. The molecule has 1 aliphatic carbocycles. The molecule has 0 aromatic carbocycles. The molecular formula is C14H16F3NO2. The van der Waals surface area contributed by atoms with Crippen LogP contribution in [0.5, 0.6) is 0 Å². The number of carbonyl (C=O) groups excluding carboxylic acids is 1. The molecule has 0 spiro atoms. The summed E-state index contributed by atoms with van der Waals surface area (Å²) in [5.41, 5.74) is -2.45. The van der Waals surface area contributed by atoms with Crippen LogP contribution in [0.2, 0.25) is 0 Å². The van der Waals surface area contributed by atoms with Crippen molar-refractivity contribution >= 4 is 5.78 Å². The highest BCUT2D eigenvalue weighted by Crippen LogP contribution is 2.39. The normalized spacial score (nSPS) is 18.2. The minimum Gasteiger partial charge on any atom is -0.367 e. The Kier molecular flexibility index (Phi) is 4.13. The molecule has 0 amide bonds. The average Bonchev–Trinajstić information content (AvgIpc) is 2.87. The van der Waals surface area contributed by atoms with Gasteiger partial charge in [-0.2, -0.15) is 13.2 Å². The Balaban J connectivity index is 2.43. The number of hydrogen-bond donors (Lipinski definition) is 0. The SMILES string of the molecule is CCOC1(C(=O)c2cnccc2C(F)(F)F)CCCC1. The molecule has 0 N–H and O–H groups in total. The molecule has 0 unspecified atom stereocenters. The largest absolute Gasteiger partial charge is 0.417 e. The van der Waals surface area contributed by atoms with E-state index in [1.165, 1.54) is 0 Å². The van der Waals surface area contributed by atoms with E-state index in [1.807, 2.05) is 0 Å². The molecule has 1 aromatic heterocycles. The average molecular weight is 287 g/mol. The van der Waals surface area contributed by atoms with Gasteiger partial charge in [-0.3, -0.25) is 9.78 Å². The number of hydrogen-bond acceptors (Lipinski definition) is 3. The lowest BCUT2D eigenvalue weighted by Crippen LogP contribution is -2.40. The summed E-state index contributed by atoms with van der Waals surface area (Å²) in [7, 11) is 0. The lowest BCUT2D eigenvalue weighted by Gasteiger charge is -2.28. The Hall–Kier alpha value is -1.43. The molecule has 0 saturated heterocycles. The van der Waals surface area contributed by atoms with E-state index in [0.29, 0.717) is 19.4 Å². The smallest absolute Gasteiger partial charge is 0.367 e. The first kappa shape index (κ1) is 15.0. The quantitative estimate of drug-likeness (QED) is 0.794. The molecular weight excluding hydrogens is 271 g/mol. The van der Waals surface area contributed by atoms with E-state index in [2.05, 4.69) is 4.98 Å². The number of rotatable bonds is 4. The van der Waals surface area contributed by atoms with Crippen LogP contribution in [0.3, 0.4) is 0 Å². The maximum absolute atomic E-state index is 13.0. The molecule has 0 bridgehead atoms. The maximum atomic E-state index is 13.0. The molecule has 1 heterocycles. The number of ketones is 1. The molecule has 1 aromatic rings. The zero-order valence-electron chi connectivity index (χ0n) is 11.2. The highest BCUT2D eigenvalue weighted by atomic mass is 19.4. The first-order valence-corrected chi connectivity index (χ1v) is 6.61. The molecule has 6 heteroatoms. The molecule has 20 heavy (non-hydrogen) atoms. The predicted octanol–water partition coefficient (Wildman–Crippen LogP) is 3.63. The number of alkyl halides is 3. The summed E-state index contributed by atoms with van der Waals surface area (Å²) in [6.07, 6.45) is -0.0375. The fourth-order valence-electron chi connectivity index (χ4n) is 2.73. The fraction of sp³-hybridized carbons (Fsp3) is 0.571.